The number of rotatable bonds is 4. The lowest BCUT2D eigenvalue weighted by Crippen LogP contribution is -2.19. The fourth-order valence-electron chi connectivity index (χ4n) is 1.63. The number of hydrogen-bond acceptors (Lipinski definition) is 7. The van der Waals surface area contributed by atoms with Gasteiger partial charge < -0.3 is 10.3 Å². The largest absolute Gasteiger partial charge is 0.367 e. The van der Waals surface area contributed by atoms with E-state index in [1.165, 1.54) is 11.5 Å². The molecule has 0 atom stereocenters. The van der Waals surface area contributed by atoms with Gasteiger partial charge in [0, 0.05) is 18.6 Å². The molecule has 1 aromatic heterocycles. The molecule has 0 saturated heterocycles. The number of nitrogen functional groups attached to an aromatic ring is 1. The summed E-state index contributed by atoms with van der Waals surface area (Å²) in [6, 6.07) is 9.59. The van der Waals surface area contributed by atoms with Crippen molar-refractivity contribution in [2.75, 3.05) is 17.4 Å². The van der Waals surface area contributed by atoms with Crippen LogP contribution in [0.4, 0.5) is 10.7 Å². The molecule has 0 fully saturated rings. The maximum absolute atomic E-state index is 9.06. The first-order valence-corrected chi connectivity index (χ1v) is 6.01. The monoisotopic (exact) mass is 260 g/mol. The molecular formula is C11H12N6S. The van der Waals surface area contributed by atoms with Crippen molar-refractivity contribution in [1.29, 1.82) is 5.26 Å². The highest BCUT2D eigenvalue weighted by molar-refractivity contribution is 7.10. The number of hydrogen-bond donors (Lipinski definition) is 2. The summed E-state index contributed by atoms with van der Waals surface area (Å²) in [7, 11) is 1.90. The molecule has 18 heavy (non-hydrogen) atoms. The molecule has 2 aromatic rings. The Labute approximate surface area is 109 Å². The molecule has 1 aromatic carbocycles. The van der Waals surface area contributed by atoms with Gasteiger partial charge in [0.05, 0.1) is 17.8 Å². The van der Waals surface area contributed by atoms with E-state index in [1.807, 2.05) is 30.1 Å². The summed E-state index contributed by atoms with van der Waals surface area (Å²) in [5.41, 5.74) is 4.81. The maximum atomic E-state index is 9.06. The van der Waals surface area contributed by atoms with E-state index in [0.717, 1.165) is 16.4 Å². The molecule has 0 aliphatic rings. The van der Waals surface area contributed by atoms with Gasteiger partial charge in [0.15, 0.2) is 0 Å². The average Bonchev–Trinajstić information content (AvgIpc) is 2.85. The van der Waals surface area contributed by atoms with Gasteiger partial charge in [-0.2, -0.15) is 5.26 Å². The van der Waals surface area contributed by atoms with Crippen LogP contribution in [0, 0.1) is 11.3 Å². The molecular weight excluding hydrogens is 248 g/mol. The van der Waals surface area contributed by atoms with E-state index in [0.29, 0.717) is 12.1 Å². The highest BCUT2D eigenvalue weighted by atomic mass is 32.1. The molecule has 1 heterocycles. The number of benzene rings is 1. The maximum Gasteiger partial charge on any atom is 0.149 e. The standard InChI is InChI=1S/C11H12N6S/c1-17(7-9-11(14-13)18-16-15-9)10-5-3-2-4-8(10)6-12/h2-5,14H,7,13H2,1H3. The van der Waals surface area contributed by atoms with E-state index in [9.17, 15) is 0 Å². The molecule has 0 aliphatic carbocycles. The lowest BCUT2D eigenvalue weighted by molar-refractivity contribution is 0.871. The van der Waals surface area contributed by atoms with Gasteiger partial charge in [-0.05, 0) is 12.1 Å². The second kappa shape index (κ2) is 5.44. The van der Waals surface area contributed by atoms with Gasteiger partial charge in [-0.15, -0.1) is 5.10 Å². The minimum absolute atomic E-state index is 0.536. The van der Waals surface area contributed by atoms with Crippen molar-refractivity contribution in [1.82, 2.24) is 9.59 Å². The number of nitrogens with zero attached hydrogens (tertiary/aromatic N) is 4. The summed E-state index contributed by atoms with van der Waals surface area (Å²) in [6.07, 6.45) is 0. The Morgan fingerprint density at radius 3 is 3.00 bits per heavy atom. The van der Waals surface area contributed by atoms with Crippen LogP contribution in [-0.2, 0) is 6.54 Å². The third-order valence-corrected chi connectivity index (χ3v) is 3.21. The number of nitrogens with one attached hydrogen (secondary N) is 1. The van der Waals surface area contributed by atoms with E-state index >= 15 is 0 Å². The Bertz CT molecular complexity index is 573. The van der Waals surface area contributed by atoms with Crippen LogP contribution < -0.4 is 16.2 Å². The van der Waals surface area contributed by atoms with Crippen LogP contribution in [0.2, 0.25) is 0 Å². The molecule has 3 N–H and O–H groups in total. The van der Waals surface area contributed by atoms with Crippen LogP contribution in [-0.4, -0.2) is 16.6 Å². The number of anilines is 2. The Morgan fingerprint density at radius 1 is 1.50 bits per heavy atom. The molecule has 6 nitrogen and oxygen atoms in total. The summed E-state index contributed by atoms with van der Waals surface area (Å²) in [5, 5.41) is 13.8. The van der Waals surface area contributed by atoms with Gasteiger partial charge in [-0.25, -0.2) is 5.84 Å². The normalized spacial score (nSPS) is 9.83. The third kappa shape index (κ3) is 2.40. The molecule has 0 spiro atoms. The van der Waals surface area contributed by atoms with Crippen molar-refractivity contribution in [2.45, 2.75) is 6.54 Å². The predicted molar refractivity (Wildman–Crippen MR) is 71.0 cm³/mol. The van der Waals surface area contributed by atoms with Gasteiger partial charge in [0.2, 0.25) is 0 Å². The van der Waals surface area contributed by atoms with Crippen molar-refractivity contribution in [3.8, 4) is 6.07 Å². The van der Waals surface area contributed by atoms with Crippen LogP contribution in [0.1, 0.15) is 11.3 Å². The molecule has 7 heteroatoms. The molecule has 0 aliphatic heterocycles. The van der Waals surface area contributed by atoms with Gasteiger partial charge in [0.25, 0.3) is 0 Å². The van der Waals surface area contributed by atoms with Crippen LogP contribution >= 0.6 is 11.5 Å². The lowest BCUT2D eigenvalue weighted by Gasteiger charge is -2.19. The van der Waals surface area contributed by atoms with Gasteiger partial charge in [-0.1, -0.05) is 16.6 Å². The average molecular weight is 260 g/mol. The quantitative estimate of drug-likeness (QED) is 0.636. The number of nitriles is 1. The zero-order chi connectivity index (χ0) is 13.0. The smallest absolute Gasteiger partial charge is 0.149 e. The number of nitrogens with two attached hydrogens (primary N) is 1. The summed E-state index contributed by atoms with van der Waals surface area (Å²) >= 11 is 1.21. The fourth-order valence-corrected chi connectivity index (χ4v) is 2.12. The van der Waals surface area contributed by atoms with Crippen LogP contribution in [0.15, 0.2) is 24.3 Å². The Morgan fingerprint density at radius 2 is 2.28 bits per heavy atom. The van der Waals surface area contributed by atoms with Gasteiger partial charge in [0.1, 0.15) is 16.8 Å². The first-order chi connectivity index (χ1) is 8.76. The SMILES string of the molecule is CN(Cc1nnsc1NN)c1ccccc1C#N. The molecule has 92 valence electrons. The van der Waals surface area contributed by atoms with E-state index in [4.69, 9.17) is 11.1 Å². The van der Waals surface area contributed by atoms with Crippen LogP contribution in [0.3, 0.4) is 0 Å². The zero-order valence-corrected chi connectivity index (χ0v) is 10.6. The predicted octanol–water partition coefficient (Wildman–Crippen LogP) is 1.33. The molecule has 0 amide bonds. The van der Waals surface area contributed by atoms with Gasteiger partial charge >= 0.3 is 0 Å². The molecule has 2 rings (SSSR count). The van der Waals surface area contributed by atoms with E-state index in [1.54, 1.807) is 6.07 Å². The highest BCUT2D eigenvalue weighted by Crippen LogP contribution is 2.23. The minimum Gasteiger partial charge on any atom is -0.367 e. The van der Waals surface area contributed by atoms with Crippen molar-refractivity contribution < 1.29 is 0 Å². The minimum atomic E-state index is 0.536. The zero-order valence-electron chi connectivity index (χ0n) is 9.79. The van der Waals surface area contributed by atoms with Crippen LogP contribution in [0.5, 0.6) is 0 Å². The Kier molecular flexibility index (Phi) is 3.72. The fraction of sp³-hybridized carbons (Fsp3) is 0.182. The van der Waals surface area contributed by atoms with E-state index in [2.05, 4.69) is 21.1 Å². The molecule has 0 saturated carbocycles. The van der Waals surface area contributed by atoms with Crippen LogP contribution in [0.25, 0.3) is 0 Å². The topological polar surface area (TPSA) is 90.9 Å². The number of aromatic nitrogens is 2. The third-order valence-electron chi connectivity index (χ3n) is 2.51. The first-order valence-electron chi connectivity index (χ1n) is 5.24. The number of para-hydroxylation sites is 1. The second-order valence-electron chi connectivity index (χ2n) is 3.68. The van der Waals surface area contributed by atoms with Crippen molar-refractivity contribution >= 4 is 22.2 Å². The second-order valence-corrected chi connectivity index (χ2v) is 4.43. The summed E-state index contributed by atoms with van der Waals surface area (Å²) < 4.78 is 3.84. The summed E-state index contributed by atoms with van der Waals surface area (Å²) in [4.78, 5) is 1.94. The Hall–Kier alpha value is -2.17. The van der Waals surface area contributed by atoms with E-state index in [-0.39, 0.29) is 0 Å². The van der Waals surface area contributed by atoms with Gasteiger partial charge in [-0.3, -0.25) is 0 Å². The number of hydrazine groups is 1. The molecule has 0 radical (unpaired) electrons. The van der Waals surface area contributed by atoms with Crippen molar-refractivity contribution in [3.05, 3.63) is 35.5 Å². The first kappa shape index (κ1) is 12.3. The van der Waals surface area contributed by atoms with Crippen molar-refractivity contribution in [3.63, 3.8) is 0 Å². The molecule has 0 unspecified atom stereocenters. The lowest BCUT2D eigenvalue weighted by atomic mass is 10.2. The van der Waals surface area contributed by atoms with Crippen molar-refractivity contribution in [2.24, 2.45) is 5.84 Å². The summed E-state index contributed by atoms with van der Waals surface area (Å²) in [6.45, 7) is 0.536. The molecule has 0 bridgehead atoms. The Balaban J connectivity index is 2.22. The highest BCUT2D eigenvalue weighted by Gasteiger charge is 2.12. The van der Waals surface area contributed by atoms with E-state index < -0.39 is 0 Å². The summed E-state index contributed by atoms with van der Waals surface area (Å²) in [5.74, 6) is 5.38.